The molecular formula is C17H28N2O. The standard InChI is InChI=1S/C17H28N2O/c1-13(11-14-7-4-5-10-17(14)20-3)19(2)16-9-6-8-15(16)12-18/h4-5,7,10,13,15-16H,6,8-9,11-12,18H2,1-3H3. The maximum absolute atomic E-state index is 5.91. The molecule has 0 spiro atoms. The first kappa shape index (κ1) is 15.3. The van der Waals surface area contributed by atoms with Crippen molar-refractivity contribution in [1.82, 2.24) is 4.90 Å². The Labute approximate surface area is 123 Å². The average molecular weight is 276 g/mol. The lowest BCUT2D eigenvalue weighted by Gasteiger charge is -2.34. The van der Waals surface area contributed by atoms with E-state index in [1.807, 2.05) is 12.1 Å². The number of methoxy groups -OCH3 is 1. The van der Waals surface area contributed by atoms with Crippen LogP contribution in [0.2, 0.25) is 0 Å². The molecule has 0 radical (unpaired) electrons. The third kappa shape index (κ3) is 3.33. The van der Waals surface area contributed by atoms with Gasteiger partial charge in [-0.1, -0.05) is 24.6 Å². The highest BCUT2D eigenvalue weighted by Crippen LogP contribution is 2.30. The molecule has 0 aliphatic heterocycles. The first-order chi connectivity index (χ1) is 9.67. The Balaban J connectivity index is 2.02. The van der Waals surface area contributed by atoms with Crippen LogP contribution >= 0.6 is 0 Å². The highest BCUT2D eigenvalue weighted by atomic mass is 16.5. The van der Waals surface area contributed by atoms with Crippen LogP contribution in [-0.2, 0) is 6.42 Å². The van der Waals surface area contributed by atoms with Crippen LogP contribution in [0.5, 0.6) is 5.75 Å². The van der Waals surface area contributed by atoms with Crippen LogP contribution in [0.3, 0.4) is 0 Å². The van der Waals surface area contributed by atoms with E-state index in [-0.39, 0.29) is 0 Å². The molecule has 3 unspecified atom stereocenters. The smallest absolute Gasteiger partial charge is 0.122 e. The van der Waals surface area contributed by atoms with Crippen molar-refractivity contribution in [1.29, 1.82) is 0 Å². The van der Waals surface area contributed by atoms with E-state index >= 15 is 0 Å². The van der Waals surface area contributed by atoms with Crippen molar-refractivity contribution in [3.63, 3.8) is 0 Å². The molecule has 0 saturated heterocycles. The normalized spacial score (nSPS) is 24.1. The summed E-state index contributed by atoms with van der Waals surface area (Å²) in [6.07, 6.45) is 4.91. The molecule has 0 amide bonds. The second-order valence-electron chi connectivity index (χ2n) is 6.02. The van der Waals surface area contributed by atoms with Gasteiger partial charge in [0, 0.05) is 12.1 Å². The van der Waals surface area contributed by atoms with Gasteiger partial charge in [0.1, 0.15) is 5.75 Å². The molecule has 3 heteroatoms. The number of hydrogen-bond acceptors (Lipinski definition) is 3. The minimum atomic E-state index is 0.503. The number of benzene rings is 1. The van der Waals surface area contributed by atoms with Gasteiger partial charge in [-0.25, -0.2) is 0 Å². The van der Waals surface area contributed by atoms with E-state index in [1.54, 1.807) is 7.11 Å². The molecule has 0 bridgehead atoms. The monoisotopic (exact) mass is 276 g/mol. The molecule has 3 atom stereocenters. The molecule has 20 heavy (non-hydrogen) atoms. The molecule has 2 N–H and O–H groups in total. The summed E-state index contributed by atoms with van der Waals surface area (Å²) in [6, 6.07) is 9.47. The minimum Gasteiger partial charge on any atom is -0.496 e. The maximum Gasteiger partial charge on any atom is 0.122 e. The second kappa shape index (κ2) is 7.09. The molecule has 1 aromatic rings. The van der Waals surface area contributed by atoms with Gasteiger partial charge in [-0.05, 0) is 57.3 Å². The Bertz CT molecular complexity index is 421. The van der Waals surface area contributed by atoms with Crippen LogP contribution in [0.4, 0.5) is 0 Å². The van der Waals surface area contributed by atoms with Crippen molar-refractivity contribution in [2.24, 2.45) is 11.7 Å². The summed E-state index contributed by atoms with van der Waals surface area (Å²) in [5.41, 5.74) is 7.20. The third-order valence-corrected chi connectivity index (χ3v) is 4.85. The molecule has 1 aromatic carbocycles. The number of rotatable bonds is 6. The van der Waals surface area contributed by atoms with Gasteiger partial charge < -0.3 is 15.4 Å². The predicted molar refractivity (Wildman–Crippen MR) is 84.1 cm³/mol. The summed E-state index contributed by atoms with van der Waals surface area (Å²) in [4.78, 5) is 2.52. The van der Waals surface area contributed by atoms with Crippen LogP contribution in [0, 0.1) is 5.92 Å². The number of nitrogens with zero attached hydrogens (tertiary/aromatic N) is 1. The highest BCUT2D eigenvalue weighted by molar-refractivity contribution is 5.33. The maximum atomic E-state index is 5.91. The topological polar surface area (TPSA) is 38.5 Å². The molecule has 1 fully saturated rings. The van der Waals surface area contributed by atoms with Crippen LogP contribution in [0.1, 0.15) is 31.7 Å². The molecular weight excluding hydrogens is 248 g/mol. The van der Waals surface area contributed by atoms with E-state index in [2.05, 4.69) is 31.0 Å². The minimum absolute atomic E-state index is 0.503. The lowest BCUT2D eigenvalue weighted by molar-refractivity contribution is 0.150. The van der Waals surface area contributed by atoms with Crippen LogP contribution in [0.25, 0.3) is 0 Å². The lowest BCUT2D eigenvalue weighted by atomic mass is 9.98. The first-order valence-corrected chi connectivity index (χ1v) is 7.71. The van der Waals surface area contributed by atoms with Gasteiger partial charge >= 0.3 is 0 Å². The van der Waals surface area contributed by atoms with Gasteiger partial charge in [-0.15, -0.1) is 0 Å². The molecule has 1 saturated carbocycles. The van der Waals surface area contributed by atoms with Crippen LogP contribution in [0.15, 0.2) is 24.3 Å². The Morgan fingerprint density at radius 2 is 2.10 bits per heavy atom. The molecule has 2 rings (SSSR count). The third-order valence-electron chi connectivity index (χ3n) is 4.85. The molecule has 1 aliphatic carbocycles. The summed E-state index contributed by atoms with van der Waals surface area (Å²) >= 11 is 0. The summed E-state index contributed by atoms with van der Waals surface area (Å²) in [6.45, 7) is 3.12. The lowest BCUT2D eigenvalue weighted by Crippen LogP contribution is -2.43. The largest absolute Gasteiger partial charge is 0.496 e. The SMILES string of the molecule is COc1ccccc1CC(C)N(C)C1CCCC1CN. The predicted octanol–water partition coefficient (Wildman–Crippen LogP) is 2.69. The van der Waals surface area contributed by atoms with Crippen LogP contribution < -0.4 is 10.5 Å². The number of para-hydroxylation sites is 1. The van der Waals surface area contributed by atoms with Crippen molar-refractivity contribution >= 4 is 0 Å². The Morgan fingerprint density at radius 3 is 2.80 bits per heavy atom. The molecule has 1 aliphatic rings. The Hall–Kier alpha value is -1.06. The van der Waals surface area contributed by atoms with Crippen molar-refractivity contribution < 1.29 is 4.74 Å². The highest BCUT2D eigenvalue weighted by Gasteiger charge is 2.31. The quantitative estimate of drug-likeness (QED) is 0.868. The molecule has 0 aromatic heterocycles. The van der Waals surface area contributed by atoms with Gasteiger partial charge in [-0.3, -0.25) is 0 Å². The zero-order valence-corrected chi connectivity index (χ0v) is 13.0. The van der Waals surface area contributed by atoms with Crippen molar-refractivity contribution in [2.45, 2.75) is 44.7 Å². The Kier molecular flexibility index (Phi) is 5.44. The second-order valence-corrected chi connectivity index (χ2v) is 6.02. The summed E-state index contributed by atoms with van der Waals surface area (Å²) in [7, 11) is 3.99. The van der Waals surface area contributed by atoms with E-state index in [0.29, 0.717) is 18.0 Å². The molecule has 0 heterocycles. The van der Waals surface area contributed by atoms with E-state index in [1.165, 1.54) is 24.8 Å². The number of hydrogen-bond donors (Lipinski definition) is 1. The zero-order valence-electron chi connectivity index (χ0n) is 13.0. The zero-order chi connectivity index (χ0) is 14.5. The summed E-state index contributed by atoms with van der Waals surface area (Å²) in [5.74, 6) is 1.66. The average Bonchev–Trinajstić information content (AvgIpc) is 2.95. The number of likely N-dealkylation sites (N-methyl/N-ethyl adjacent to an activating group) is 1. The first-order valence-electron chi connectivity index (χ1n) is 7.71. The number of ether oxygens (including phenoxy) is 1. The van der Waals surface area contributed by atoms with Crippen LogP contribution in [-0.4, -0.2) is 37.7 Å². The van der Waals surface area contributed by atoms with Crippen molar-refractivity contribution in [3.05, 3.63) is 29.8 Å². The van der Waals surface area contributed by atoms with Crippen molar-refractivity contribution in [2.75, 3.05) is 20.7 Å². The number of nitrogens with two attached hydrogens (primary N) is 1. The van der Waals surface area contributed by atoms with E-state index in [0.717, 1.165) is 18.7 Å². The van der Waals surface area contributed by atoms with Crippen molar-refractivity contribution in [3.8, 4) is 5.75 Å². The fourth-order valence-corrected chi connectivity index (χ4v) is 3.49. The van der Waals surface area contributed by atoms with E-state index < -0.39 is 0 Å². The van der Waals surface area contributed by atoms with Gasteiger partial charge in [0.05, 0.1) is 7.11 Å². The molecule has 3 nitrogen and oxygen atoms in total. The summed E-state index contributed by atoms with van der Waals surface area (Å²) < 4.78 is 5.46. The van der Waals surface area contributed by atoms with Gasteiger partial charge in [0.25, 0.3) is 0 Å². The Morgan fingerprint density at radius 1 is 1.35 bits per heavy atom. The molecule has 112 valence electrons. The van der Waals surface area contributed by atoms with Gasteiger partial charge in [-0.2, -0.15) is 0 Å². The van der Waals surface area contributed by atoms with E-state index in [9.17, 15) is 0 Å². The summed E-state index contributed by atoms with van der Waals surface area (Å²) in [5, 5.41) is 0. The fourth-order valence-electron chi connectivity index (χ4n) is 3.49. The van der Waals surface area contributed by atoms with E-state index in [4.69, 9.17) is 10.5 Å². The fraction of sp³-hybridized carbons (Fsp3) is 0.647. The van der Waals surface area contributed by atoms with Gasteiger partial charge in [0.2, 0.25) is 0 Å². The van der Waals surface area contributed by atoms with Gasteiger partial charge in [0.15, 0.2) is 0 Å².